The van der Waals surface area contributed by atoms with Gasteiger partial charge < -0.3 is 0 Å². The number of hydrogen-bond donors (Lipinski definition) is 0. The van der Waals surface area contributed by atoms with Crippen molar-refractivity contribution in [2.75, 3.05) is 0 Å². The average molecular weight is 504 g/mol. The second-order valence-electron chi connectivity index (χ2n) is 9.45. The first-order chi connectivity index (χ1) is 18.9. The number of nitrogens with zero attached hydrogens (tertiary/aromatic N) is 3. The van der Waals surface area contributed by atoms with E-state index >= 15 is 0 Å². The van der Waals surface area contributed by atoms with Gasteiger partial charge in [0.05, 0.1) is 22.9 Å². The highest BCUT2D eigenvalue weighted by Gasteiger charge is 2.21. The van der Waals surface area contributed by atoms with Crippen molar-refractivity contribution in [3.05, 3.63) is 128 Å². The molecule has 4 heteroatoms. The molecule has 0 spiro atoms. The van der Waals surface area contributed by atoms with Gasteiger partial charge in [0.2, 0.25) is 0 Å². The summed E-state index contributed by atoms with van der Waals surface area (Å²) < 4.78 is 4.91. The monoisotopic (exact) mass is 503 g/mol. The normalized spacial score (nSPS) is 11.7. The van der Waals surface area contributed by atoms with Crippen molar-refractivity contribution in [3.8, 4) is 28.3 Å². The minimum atomic E-state index is 0.836. The zero-order chi connectivity index (χ0) is 25.1. The molecule has 0 aliphatic carbocycles. The summed E-state index contributed by atoms with van der Waals surface area (Å²) in [7, 11) is 0. The van der Waals surface area contributed by atoms with Gasteiger partial charge in [-0.25, -0.2) is 9.97 Å². The van der Waals surface area contributed by atoms with E-state index in [9.17, 15) is 0 Å². The summed E-state index contributed by atoms with van der Waals surface area (Å²) in [5, 5.41) is 5.11. The first kappa shape index (κ1) is 21.3. The highest BCUT2D eigenvalue weighted by molar-refractivity contribution is 7.26. The van der Waals surface area contributed by atoms with Crippen LogP contribution in [0.25, 0.3) is 70.3 Å². The van der Waals surface area contributed by atoms with Gasteiger partial charge in [0, 0.05) is 42.1 Å². The van der Waals surface area contributed by atoms with Gasteiger partial charge in [-0.3, -0.25) is 4.57 Å². The molecule has 0 bridgehead atoms. The van der Waals surface area contributed by atoms with Gasteiger partial charge >= 0.3 is 0 Å². The summed E-state index contributed by atoms with van der Waals surface area (Å²) in [5.41, 5.74) is 6.10. The Kier molecular flexibility index (Phi) is 4.69. The summed E-state index contributed by atoms with van der Waals surface area (Å²) in [6.45, 7) is 0. The Morgan fingerprint density at radius 2 is 1.24 bits per heavy atom. The van der Waals surface area contributed by atoms with E-state index in [-0.39, 0.29) is 0 Å². The van der Waals surface area contributed by atoms with Gasteiger partial charge in [-0.15, -0.1) is 11.3 Å². The fourth-order valence-corrected chi connectivity index (χ4v) is 6.81. The van der Waals surface area contributed by atoms with E-state index in [0.29, 0.717) is 0 Å². The summed E-state index contributed by atoms with van der Waals surface area (Å²) in [5.74, 6) is 0.836. The SMILES string of the molecule is c1ccc(-c2cnc(-n3c4ccccc4c4c5sc6ccccc6c5ccc43)c(-c3ccccc3)n2)cc1. The van der Waals surface area contributed by atoms with Crippen LogP contribution >= 0.6 is 11.3 Å². The third-order valence-corrected chi connectivity index (χ3v) is 8.47. The molecule has 0 radical (unpaired) electrons. The Bertz CT molecular complexity index is 2120. The number of fused-ring (bicyclic) bond motifs is 7. The molecule has 8 aromatic rings. The van der Waals surface area contributed by atoms with Crippen LogP contribution in [0.1, 0.15) is 0 Å². The molecule has 0 saturated heterocycles. The van der Waals surface area contributed by atoms with Crippen molar-refractivity contribution < 1.29 is 0 Å². The van der Waals surface area contributed by atoms with Crippen LogP contribution in [0.2, 0.25) is 0 Å². The first-order valence-corrected chi connectivity index (χ1v) is 13.5. The summed E-state index contributed by atoms with van der Waals surface area (Å²) >= 11 is 1.87. The molecular weight excluding hydrogens is 482 g/mol. The average Bonchev–Trinajstić information content (AvgIpc) is 3.53. The smallest absolute Gasteiger partial charge is 0.164 e. The van der Waals surface area contributed by atoms with Gasteiger partial charge in [-0.05, 0) is 18.2 Å². The number of thiophene rings is 1. The van der Waals surface area contributed by atoms with Crippen LogP contribution in [0.15, 0.2) is 128 Å². The van der Waals surface area contributed by atoms with Gasteiger partial charge in [0.25, 0.3) is 0 Å². The summed E-state index contributed by atoms with van der Waals surface area (Å²) in [4.78, 5) is 10.3. The molecule has 0 fully saturated rings. The lowest BCUT2D eigenvalue weighted by atomic mass is 10.1. The topological polar surface area (TPSA) is 30.7 Å². The molecule has 0 aliphatic heterocycles. The lowest BCUT2D eigenvalue weighted by molar-refractivity contribution is 1.05. The maximum absolute atomic E-state index is 5.20. The number of benzene rings is 5. The van der Waals surface area contributed by atoms with E-state index < -0.39 is 0 Å². The van der Waals surface area contributed by atoms with Crippen molar-refractivity contribution in [1.82, 2.24) is 14.5 Å². The lowest BCUT2D eigenvalue weighted by Crippen LogP contribution is -2.03. The van der Waals surface area contributed by atoms with Crippen LogP contribution in [-0.4, -0.2) is 14.5 Å². The van der Waals surface area contributed by atoms with E-state index in [1.807, 2.05) is 41.8 Å². The molecule has 0 N–H and O–H groups in total. The highest BCUT2D eigenvalue weighted by atomic mass is 32.1. The quantitative estimate of drug-likeness (QED) is 0.240. The Hall–Kier alpha value is -4.80. The summed E-state index contributed by atoms with van der Waals surface area (Å²) in [6.07, 6.45) is 1.90. The number of hydrogen-bond acceptors (Lipinski definition) is 3. The predicted octanol–water partition coefficient (Wildman–Crippen LogP) is 9.28. The maximum Gasteiger partial charge on any atom is 0.164 e. The van der Waals surface area contributed by atoms with E-state index in [1.54, 1.807) is 0 Å². The minimum absolute atomic E-state index is 0.836. The standard InChI is InChI=1S/C34H21N3S/c1-3-11-22(12-4-1)27-21-35-34(32(36-27)23-13-5-2-6-14-23)37-28-17-9-7-16-26(28)31-29(37)20-19-25-24-15-8-10-18-30(24)38-33(25)31/h1-21H. The van der Waals surface area contributed by atoms with Crippen molar-refractivity contribution in [1.29, 1.82) is 0 Å². The van der Waals surface area contributed by atoms with Gasteiger partial charge in [-0.1, -0.05) is 103 Å². The van der Waals surface area contributed by atoms with Crippen molar-refractivity contribution in [3.63, 3.8) is 0 Å². The van der Waals surface area contributed by atoms with E-state index in [1.165, 1.54) is 30.9 Å². The van der Waals surface area contributed by atoms with Crippen LogP contribution in [0.3, 0.4) is 0 Å². The van der Waals surface area contributed by atoms with Crippen molar-refractivity contribution >= 4 is 53.3 Å². The first-order valence-electron chi connectivity index (χ1n) is 12.7. The minimum Gasteiger partial charge on any atom is -0.292 e. The largest absolute Gasteiger partial charge is 0.292 e. The van der Waals surface area contributed by atoms with Crippen LogP contribution < -0.4 is 0 Å². The van der Waals surface area contributed by atoms with E-state index in [2.05, 4.69) is 102 Å². The molecule has 0 saturated carbocycles. The predicted molar refractivity (Wildman–Crippen MR) is 160 cm³/mol. The van der Waals surface area contributed by atoms with Crippen molar-refractivity contribution in [2.45, 2.75) is 0 Å². The molecule has 5 aromatic carbocycles. The Labute approximate surface area is 223 Å². The Balaban J connectivity index is 1.49. The van der Waals surface area contributed by atoms with Crippen LogP contribution in [0, 0.1) is 0 Å². The number of rotatable bonds is 3. The number of para-hydroxylation sites is 1. The molecule has 38 heavy (non-hydrogen) atoms. The molecule has 8 rings (SSSR count). The van der Waals surface area contributed by atoms with Crippen LogP contribution in [0.5, 0.6) is 0 Å². The molecule has 178 valence electrons. The van der Waals surface area contributed by atoms with E-state index in [0.717, 1.165) is 39.4 Å². The molecule has 3 aromatic heterocycles. The van der Waals surface area contributed by atoms with Gasteiger partial charge in [-0.2, -0.15) is 0 Å². The Morgan fingerprint density at radius 3 is 2.05 bits per heavy atom. The zero-order valence-corrected chi connectivity index (χ0v) is 21.2. The van der Waals surface area contributed by atoms with Gasteiger partial charge in [0.15, 0.2) is 5.82 Å². The number of aromatic nitrogens is 3. The molecule has 3 heterocycles. The second-order valence-corrected chi connectivity index (χ2v) is 10.5. The molecule has 0 atom stereocenters. The van der Waals surface area contributed by atoms with E-state index in [4.69, 9.17) is 9.97 Å². The summed E-state index contributed by atoms with van der Waals surface area (Å²) in [6, 6.07) is 42.5. The molecule has 3 nitrogen and oxygen atoms in total. The highest BCUT2D eigenvalue weighted by Crippen LogP contribution is 2.43. The molecule has 0 amide bonds. The fraction of sp³-hybridized carbons (Fsp3) is 0. The lowest BCUT2D eigenvalue weighted by Gasteiger charge is -2.14. The fourth-order valence-electron chi connectivity index (χ4n) is 5.55. The van der Waals surface area contributed by atoms with Crippen LogP contribution in [0.4, 0.5) is 0 Å². The maximum atomic E-state index is 5.20. The van der Waals surface area contributed by atoms with Gasteiger partial charge in [0.1, 0.15) is 5.69 Å². The van der Waals surface area contributed by atoms with Crippen LogP contribution in [-0.2, 0) is 0 Å². The molecule has 0 unspecified atom stereocenters. The zero-order valence-electron chi connectivity index (χ0n) is 20.4. The van der Waals surface area contributed by atoms with Crippen molar-refractivity contribution in [2.24, 2.45) is 0 Å². The Morgan fingerprint density at radius 1 is 0.553 bits per heavy atom. The molecule has 0 aliphatic rings. The third-order valence-electron chi connectivity index (χ3n) is 7.26. The second kappa shape index (κ2) is 8.37. The third kappa shape index (κ3) is 3.14. The molecular formula is C34H21N3S.